The van der Waals surface area contributed by atoms with Crippen LogP contribution in [0.15, 0.2) is 64.6 Å². The third kappa shape index (κ3) is 7.11. The third-order valence-electron chi connectivity index (χ3n) is 7.13. The Morgan fingerprint density at radius 3 is 1.95 bits per heavy atom. The largest absolute Gasteiger partial charge is 0.357 e. The van der Waals surface area contributed by atoms with Crippen LogP contribution in [0.2, 0.25) is 0 Å². The lowest BCUT2D eigenvalue weighted by molar-refractivity contribution is -0.131. The zero-order valence-corrected chi connectivity index (χ0v) is 23.6. The van der Waals surface area contributed by atoms with E-state index in [1.54, 1.807) is 31.3 Å². The number of piperazine rings is 1. The van der Waals surface area contributed by atoms with Crippen LogP contribution in [0.3, 0.4) is 0 Å². The molecule has 3 heterocycles. The predicted octanol–water partition coefficient (Wildman–Crippen LogP) is 4.54. The van der Waals surface area contributed by atoms with Crippen LogP contribution >= 0.6 is 0 Å². The molecule has 2 saturated heterocycles. The molecule has 2 aliphatic rings. The van der Waals surface area contributed by atoms with Crippen LogP contribution in [-0.2, 0) is 11.8 Å². The number of amidine groups is 1. The molecule has 40 heavy (non-hydrogen) atoms. The molecular weight excluding hydrogens is 512 g/mol. The Morgan fingerprint density at radius 1 is 0.875 bits per heavy atom. The van der Waals surface area contributed by atoms with Crippen LogP contribution in [0, 0.1) is 11.6 Å². The second-order valence-corrected chi connectivity index (χ2v) is 9.80. The van der Waals surface area contributed by atoms with Gasteiger partial charge >= 0.3 is 0 Å². The number of rotatable bonds is 5. The first-order valence-corrected chi connectivity index (χ1v) is 13.6. The number of nitrogens with zero attached hydrogens (tertiary/aromatic N) is 7. The molecule has 0 N–H and O–H groups in total. The first-order valence-electron chi connectivity index (χ1n) is 13.6. The van der Waals surface area contributed by atoms with Gasteiger partial charge in [-0.15, -0.1) is 0 Å². The Hall–Kier alpha value is -4.08. The number of anilines is 2. The van der Waals surface area contributed by atoms with Crippen LogP contribution in [0.4, 0.5) is 20.4 Å². The molecule has 0 spiro atoms. The fourth-order valence-corrected chi connectivity index (χ4v) is 4.60. The van der Waals surface area contributed by atoms with E-state index >= 15 is 0 Å². The summed E-state index contributed by atoms with van der Waals surface area (Å²) in [5.74, 6) is 2.42. The van der Waals surface area contributed by atoms with E-state index in [2.05, 4.69) is 30.9 Å². The molecule has 1 aromatic heterocycles. The highest BCUT2D eigenvalue weighted by Crippen LogP contribution is 2.25. The molecule has 212 valence electrons. The number of aliphatic imine (C=N–C) groups is 2. The summed E-state index contributed by atoms with van der Waals surface area (Å²) < 4.78 is 27.8. The van der Waals surface area contributed by atoms with E-state index in [0.29, 0.717) is 12.3 Å². The lowest BCUT2D eigenvalue weighted by Crippen LogP contribution is -2.48. The zero-order chi connectivity index (χ0) is 28.6. The van der Waals surface area contributed by atoms with E-state index in [1.165, 1.54) is 36.5 Å². The topological polar surface area (TPSA) is 69.3 Å². The summed E-state index contributed by atoms with van der Waals surface area (Å²) >= 11 is 0. The molecule has 3 aromatic rings. The molecule has 2 aromatic carbocycles. The molecule has 1 amide bonds. The maximum atomic E-state index is 12.9. The highest BCUT2D eigenvalue weighted by molar-refractivity contribution is 6.11. The summed E-state index contributed by atoms with van der Waals surface area (Å²) in [6.45, 7) is 9.39. The molecular formula is C30H37F2N7O. The average molecular weight is 550 g/mol. The first kappa shape index (κ1) is 28.9. The Balaban J connectivity index is 0.000000185. The van der Waals surface area contributed by atoms with Crippen LogP contribution in [0.1, 0.15) is 37.8 Å². The minimum Gasteiger partial charge on any atom is -0.357 e. The van der Waals surface area contributed by atoms with Crippen molar-refractivity contribution in [2.45, 2.75) is 26.7 Å². The van der Waals surface area contributed by atoms with Gasteiger partial charge < -0.3 is 14.7 Å². The Bertz CT molecular complexity index is 1340. The number of carbonyl (C=O) groups excluding carboxylic acids is 1. The van der Waals surface area contributed by atoms with Crippen molar-refractivity contribution in [1.29, 1.82) is 0 Å². The van der Waals surface area contributed by atoms with Crippen LogP contribution in [0.25, 0.3) is 0 Å². The second-order valence-electron chi connectivity index (χ2n) is 9.80. The van der Waals surface area contributed by atoms with Crippen molar-refractivity contribution in [2.75, 3.05) is 56.1 Å². The number of hydrogen-bond donors (Lipinski definition) is 0. The fraction of sp³-hybridized carbons (Fsp3) is 0.400. The van der Waals surface area contributed by atoms with E-state index in [4.69, 9.17) is 0 Å². The summed E-state index contributed by atoms with van der Waals surface area (Å²) in [4.78, 5) is 26.8. The lowest BCUT2D eigenvalue weighted by atomic mass is 10.1. The normalized spacial score (nSPS) is 15.9. The number of aryl methyl sites for hydroxylation is 1. The molecule has 0 bridgehead atoms. The number of benzene rings is 2. The second kappa shape index (κ2) is 13.3. The number of amides is 1. The van der Waals surface area contributed by atoms with Crippen molar-refractivity contribution in [3.8, 4) is 0 Å². The smallest absolute Gasteiger partial charge is 0.222 e. The fourth-order valence-electron chi connectivity index (χ4n) is 4.60. The number of hydrogen-bond acceptors (Lipinski definition) is 5. The molecule has 0 unspecified atom stereocenters. The van der Waals surface area contributed by atoms with Crippen LogP contribution < -0.4 is 9.80 Å². The Kier molecular flexibility index (Phi) is 9.63. The van der Waals surface area contributed by atoms with E-state index in [-0.39, 0.29) is 17.5 Å². The molecule has 0 atom stereocenters. The molecule has 5 rings (SSSR count). The molecule has 2 fully saturated rings. The molecule has 0 radical (unpaired) electrons. The van der Waals surface area contributed by atoms with Gasteiger partial charge in [-0.1, -0.05) is 19.1 Å². The highest BCUT2D eigenvalue weighted by atomic mass is 19.1. The quantitative estimate of drug-likeness (QED) is 0.346. The van der Waals surface area contributed by atoms with Crippen molar-refractivity contribution < 1.29 is 13.6 Å². The molecule has 2 aliphatic heterocycles. The Labute approximate surface area is 234 Å². The molecule has 0 saturated carbocycles. The summed E-state index contributed by atoms with van der Waals surface area (Å²) in [5.41, 5.74) is 2.26. The highest BCUT2D eigenvalue weighted by Gasteiger charge is 2.24. The maximum Gasteiger partial charge on any atom is 0.222 e. The van der Waals surface area contributed by atoms with Gasteiger partial charge in [0.15, 0.2) is 11.7 Å². The summed E-state index contributed by atoms with van der Waals surface area (Å²) in [6.07, 6.45) is 1.88. The van der Waals surface area contributed by atoms with Crippen molar-refractivity contribution in [3.05, 3.63) is 77.4 Å². The molecule has 10 heteroatoms. The van der Waals surface area contributed by atoms with Gasteiger partial charge in [0.2, 0.25) is 5.91 Å². The van der Waals surface area contributed by atoms with Gasteiger partial charge in [0.1, 0.15) is 17.5 Å². The van der Waals surface area contributed by atoms with E-state index in [9.17, 15) is 13.6 Å². The first-order chi connectivity index (χ1) is 19.3. The van der Waals surface area contributed by atoms with Gasteiger partial charge in [0.05, 0.1) is 0 Å². The minimum atomic E-state index is -0.302. The van der Waals surface area contributed by atoms with E-state index in [1.807, 2.05) is 30.5 Å². The predicted molar refractivity (Wildman–Crippen MR) is 157 cm³/mol. The standard InChI is InChI=1S/C16H14F2N2.C14H23N5O/c1-11(12-3-7-14(17)8-4-12)20-16(19-2)13-5-9-15(18)10-6-13;1-3-14(20)19-9-7-17(8-10-19)12-11-13(16(2)15-12)18-5-4-6-18/h3-10H,1-2H3;11H,3-10H2,1-2H3. The minimum absolute atomic E-state index is 0.256. The van der Waals surface area contributed by atoms with Crippen molar-refractivity contribution in [1.82, 2.24) is 14.7 Å². The monoisotopic (exact) mass is 549 g/mol. The van der Waals surface area contributed by atoms with Crippen molar-refractivity contribution in [3.63, 3.8) is 0 Å². The SMILES string of the molecule is CCC(=O)N1CCN(c2cc(N3CCC3)n(C)n2)CC1.CN=C(N=C(C)c1ccc(F)cc1)c1ccc(F)cc1. The Morgan fingerprint density at radius 2 is 1.45 bits per heavy atom. The van der Waals surface area contributed by atoms with Gasteiger partial charge in [-0.3, -0.25) is 14.5 Å². The number of aromatic nitrogens is 2. The summed E-state index contributed by atoms with van der Waals surface area (Å²) in [7, 11) is 3.63. The van der Waals surface area contributed by atoms with E-state index < -0.39 is 0 Å². The third-order valence-corrected chi connectivity index (χ3v) is 7.13. The number of halogens is 2. The van der Waals surface area contributed by atoms with Gasteiger partial charge in [-0.05, 0) is 55.3 Å². The van der Waals surface area contributed by atoms with Crippen LogP contribution in [-0.4, -0.2) is 78.5 Å². The van der Waals surface area contributed by atoms with Gasteiger partial charge in [-0.2, -0.15) is 5.10 Å². The lowest BCUT2D eigenvalue weighted by Gasteiger charge is -2.34. The zero-order valence-electron chi connectivity index (χ0n) is 23.6. The van der Waals surface area contributed by atoms with Crippen molar-refractivity contribution in [2.24, 2.45) is 17.0 Å². The number of carbonyl (C=O) groups is 1. The summed E-state index contributed by atoms with van der Waals surface area (Å²) in [5, 5.41) is 4.62. The van der Waals surface area contributed by atoms with Gasteiger partial charge in [0.25, 0.3) is 0 Å². The van der Waals surface area contributed by atoms with Gasteiger partial charge in [-0.25, -0.2) is 13.8 Å². The molecule has 8 nitrogen and oxygen atoms in total. The molecule has 0 aliphatic carbocycles. The van der Waals surface area contributed by atoms with Crippen molar-refractivity contribution >= 4 is 29.1 Å². The van der Waals surface area contributed by atoms with Crippen LogP contribution in [0.5, 0.6) is 0 Å². The van der Waals surface area contributed by atoms with E-state index in [0.717, 1.165) is 61.9 Å². The maximum absolute atomic E-state index is 12.9. The van der Waals surface area contributed by atoms with Gasteiger partial charge in [0, 0.05) is 77.1 Å². The average Bonchev–Trinajstić information content (AvgIpc) is 3.32. The summed E-state index contributed by atoms with van der Waals surface area (Å²) in [6, 6.07) is 14.2.